The average Bonchev–Trinajstić information content (AvgIpc) is 4.22. The number of halogens is 7. The van der Waals surface area contributed by atoms with E-state index >= 15 is 0 Å². The van der Waals surface area contributed by atoms with Crippen LogP contribution >= 0.6 is 0 Å². The Hall–Kier alpha value is -9.15. The lowest BCUT2D eigenvalue weighted by Gasteiger charge is -2.32. The van der Waals surface area contributed by atoms with Gasteiger partial charge in [0.1, 0.15) is 41.5 Å². The molecule has 82 heavy (non-hydrogen) atoms. The molecule has 8 aromatic rings. The van der Waals surface area contributed by atoms with Crippen LogP contribution in [0.1, 0.15) is 99.1 Å². The van der Waals surface area contributed by atoms with Crippen molar-refractivity contribution in [2.75, 3.05) is 37.6 Å². The highest BCUT2D eigenvalue weighted by Crippen LogP contribution is 2.37. The number of benzene rings is 4. The summed E-state index contributed by atoms with van der Waals surface area (Å²) in [6.07, 6.45) is -0.000869. The van der Waals surface area contributed by atoms with Gasteiger partial charge in [-0.25, -0.2) is 33.7 Å². The number of ketones is 2. The van der Waals surface area contributed by atoms with E-state index in [9.17, 15) is 49.9 Å². The first-order chi connectivity index (χ1) is 39.1. The van der Waals surface area contributed by atoms with Gasteiger partial charge in [0.25, 0.3) is 0 Å². The van der Waals surface area contributed by atoms with Crippen molar-refractivity contribution in [3.05, 3.63) is 168 Å². The predicted molar refractivity (Wildman–Crippen MR) is 293 cm³/mol. The molecule has 0 spiro atoms. The number of carbonyl (C=O) groups excluding carboxylic acids is 4. The fourth-order valence-corrected chi connectivity index (χ4v) is 10.3. The highest BCUT2D eigenvalue weighted by molar-refractivity contribution is 6.00. The van der Waals surface area contributed by atoms with Gasteiger partial charge in [0, 0.05) is 61.3 Å². The Kier molecular flexibility index (Phi) is 16.8. The van der Waals surface area contributed by atoms with Crippen LogP contribution in [-0.4, -0.2) is 98.9 Å². The van der Waals surface area contributed by atoms with Crippen molar-refractivity contribution < 1.29 is 49.9 Å². The van der Waals surface area contributed by atoms with Gasteiger partial charge in [0.05, 0.1) is 34.0 Å². The van der Waals surface area contributed by atoms with E-state index in [0.717, 1.165) is 66.1 Å². The maximum Gasteiger partial charge on any atom is 0.419 e. The molecule has 0 saturated carbocycles. The number of anilines is 2. The van der Waals surface area contributed by atoms with Crippen LogP contribution in [0.3, 0.4) is 0 Å². The number of likely N-dealkylation sites (tertiary alicyclic amines) is 2. The lowest BCUT2D eigenvalue weighted by molar-refractivity contribution is -0.140. The molecule has 0 bridgehead atoms. The maximum absolute atomic E-state index is 13.9. The van der Waals surface area contributed by atoms with E-state index in [1.165, 1.54) is 30.9 Å². The second-order valence-corrected chi connectivity index (χ2v) is 20.0. The lowest BCUT2D eigenvalue weighted by Crippen LogP contribution is -2.40. The van der Waals surface area contributed by atoms with E-state index in [-0.39, 0.29) is 65.3 Å². The molecule has 0 aliphatic carbocycles. The molecule has 2 atom stereocenters. The van der Waals surface area contributed by atoms with E-state index < -0.39 is 35.1 Å². The van der Waals surface area contributed by atoms with Crippen LogP contribution in [0, 0.1) is 12.7 Å². The highest BCUT2D eigenvalue weighted by atomic mass is 19.4. The number of nitrogens with two attached hydrogens (primary N) is 2. The number of aromatic nitrogens is 8. The van der Waals surface area contributed by atoms with Gasteiger partial charge in [-0.1, -0.05) is 73.8 Å². The molecule has 4 N–H and O–H groups in total. The smallest absolute Gasteiger partial charge is 0.383 e. The number of carbonyl (C=O) groups is 4. The third-order valence-corrected chi connectivity index (χ3v) is 14.7. The van der Waals surface area contributed by atoms with E-state index in [1.807, 2.05) is 53.2 Å². The highest BCUT2D eigenvalue weighted by Gasteiger charge is 2.35. The van der Waals surface area contributed by atoms with Gasteiger partial charge in [-0.2, -0.15) is 36.5 Å². The zero-order chi connectivity index (χ0) is 58.6. The van der Waals surface area contributed by atoms with Crippen molar-refractivity contribution in [3.8, 4) is 22.5 Å². The normalized spacial score (nSPS) is 15.7. The molecule has 6 heterocycles. The molecule has 4 aromatic heterocycles. The van der Waals surface area contributed by atoms with E-state index in [2.05, 4.69) is 33.1 Å². The van der Waals surface area contributed by atoms with Crippen LogP contribution in [0.25, 0.3) is 44.6 Å². The van der Waals surface area contributed by atoms with Gasteiger partial charge in [-0.05, 0) is 98.6 Å². The molecule has 2 unspecified atom stereocenters. The van der Waals surface area contributed by atoms with Gasteiger partial charge in [0.15, 0.2) is 22.9 Å². The van der Waals surface area contributed by atoms with Crippen molar-refractivity contribution in [2.45, 2.75) is 82.7 Å². The summed E-state index contributed by atoms with van der Waals surface area (Å²) in [4.78, 5) is 70.4. The molecule has 2 amide bonds. The Morgan fingerprint density at radius 3 is 1.54 bits per heavy atom. The summed E-state index contributed by atoms with van der Waals surface area (Å²) < 4.78 is 95.3. The molecule has 2 aliphatic heterocycles. The molecule has 424 valence electrons. The van der Waals surface area contributed by atoms with Crippen molar-refractivity contribution >= 4 is 57.1 Å². The first kappa shape index (κ1) is 57.5. The zero-order valence-corrected chi connectivity index (χ0v) is 44.4. The van der Waals surface area contributed by atoms with Gasteiger partial charge < -0.3 is 21.3 Å². The van der Waals surface area contributed by atoms with E-state index in [4.69, 9.17) is 21.7 Å². The largest absolute Gasteiger partial charge is 0.419 e. The molecular formula is C59H55F7N12O4. The summed E-state index contributed by atoms with van der Waals surface area (Å²) in [6.45, 7) is 11.0. The predicted octanol–water partition coefficient (Wildman–Crippen LogP) is 11.0. The summed E-state index contributed by atoms with van der Waals surface area (Å²) >= 11 is 0. The molecule has 16 nitrogen and oxygen atoms in total. The summed E-state index contributed by atoms with van der Waals surface area (Å²) in [5, 5.41) is 10.9. The van der Waals surface area contributed by atoms with E-state index in [1.54, 1.807) is 21.4 Å². The Morgan fingerprint density at radius 2 is 1.10 bits per heavy atom. The lowest BCUT2D eigenvalue weighted by atomic mass is 9.96. The van der Waals surface area contributed by atoms with Gasteiger partial charge in [0.2, 0.25) is 11.8 Å². The van der Waals surface area contributed by atoms with Gasteiger partial charge in [-0.15, -0.1) is 0 Å². The second-order valence-electron chi connectivity index (χ2n) is 20.0. The quantitative estimate of drug-likeness (QED) is 0.0591. The zero-order valence-electron chi connectivity index (χ0n) is 44.4. The summed E-state index contributed by atoms with van der Waals surface area (Å²) in [5.74, 6) is -2.00. The summed E-state index contributed by atoms with van der Waals surface area (Å²) in [5.41, 5.74) is 16.2. The Balaban J connectivity index is 0.000000198. The van der Waals surface area contributed by atoms with Gasteiger partial charge in [-0.3, -0.25) is 19.2 Å². The van der Waals surface area contributed by atoms with Crippen molar-refractivity contribution in [1.82, 2.24) is 49.3 Å². The van der Waals surface area contributed by atoms with Crippen molar-refractivity contribution in [3.63, 3.8) is 0 Å². The van der Waals surface area contributed by atoms with Crippen LogP contribution in [0.4, 0.5) is 42.4 Å². The minimum absolute atomic E-state index is 0.00982. The first-order valence-electron chi connectivity index (χ1n) is 26.2. The number of alkyl halides is 6. The average molecular weight is 1130 g/mol. The number of rotatable bonds is 14. The summed E-state index contributed by atoms with van der Waals surface area (Å²) in [6, 6.07) is 19.9. The van der Waals surface area contributed by atoms with Crippen LogP contribution < -0.4 is 11.5 Å². The van der Waals surface area contributed by atoms with Crippen molar-refractivity contribution in [2.24, 2.45) is 0 Å². The number of nitrogens with zero attached hydrogens (tertiary/aromatic N) is 10. The number of hydrogen-bond donors (Lipinski definition) is 2. The first-order valence-corrected chi connectivity index (χ1v) is 26.2. The minimum atomic E-state index is -4.83. The number of Topliss-reactive ketones (excluding diaryl/α,β-unsaturated/α-hetero) is 2. The van der Waals surface area contributed by atoms with Crippen molar-refractivity contribution in [1.29, 1.82) is 0 Å². The molecule has 2 saturated heterocycles. The van der Waals surface area contributed by atoms with Gasteiger partial charge >= 0.3 is 12.4 Å². The Bertz CT molecular complexity index is 3750. The fraction of sp³-hybridized carbons (Fsp3) is 0.288. The molecule has 4 aromatic carbocycles. The Labute approximate surface area is 465 Å². The maximum atomic E-state index is 13.9. The molecule has 2 aliphatic rings. The number of fused-ring (bicyclic) bond motifs is 2. The third-order valence-electron chi connectivity index (χ3n) is 14.7. The third kappa shape index (κ3) is 12.4. The molecule has 10 rings (SSSR count). The number of piperidine rings is 2. The fourth-order valence-electron chi connectivity index (χ4n) is 10.3. The molecule has 23 heteroatoms. The number of aryl methyl sites for hydroxylation is 3. The number of nitrogen functional groups attached to an aromatic ring is 2. The minimum Gasteiger partial charge on any atom is -0.383 e. The topological polar surface area (TPSA) is 214 Å². The molecule has 2 fully saturated rings. The molecule has 0 radical (unpaired) electrons. The van der Waals surface area contributed by atoms with Crippen LogP contribution in [0.2, 0.25) is 0 Å². The van der Waals surface area contributed by atoms with Crippen LogP contribution in [0.15, 0.2) is 123 Å². The number of hydrogen-bond acceptors (Lipinski definition) is 12. The van der Waals surface area contributed by atoms with E-state index in [0.29, 0.717) is 90.2 Å². The monoisotopic (exact) mass is 1130 g/mol. The van der Waals surface area contributed by atoms with Crippen LogP contribution in [-0.2, 0) is 34.8 Å². The standard InChI is InChI=1S/C30H29F3N6O2.C29H26F4N6O2/c1-3-25(41)38-14-4-5-22(16-38)39-29-26(28(34)35-17-36-29)27(37-39)20-10-7-19(8-11-20)9-13-24(40)23-15-21(30(31,32)33)12-6-18(23)2;1-2-24(41)38-13-3-4-20(15-38)39-28-25(27(34)35-16-36-28)26(37-39)18-8-5-17(6-9-18)7-12-23(40)19-10-11-21(22(30)14-19)29(31,32)33/h3,6-8,10-12,15,17,22H,1,4-5,9,13-14,16H2,2H3,(H2,34,35,36);2,5-6,8-11,14,16,20H,1,3-4,7,12-13,15H2,(H2,34,35,36). The SMILES string of the molecule is C=CC(=O)N1CCCC(n2nc(-c3ccc(CCC(=O)c4cc(C(F)(F)F)ccc4C)cc3)c3c(N)ncnc32)C1.C=CC(=O)N1CCCC(n2nc(-c3ccc(CCC(=O)c4ccc(C(F)(F)F)c(F)c4)cc3)c3c(N)ncnc32)C1. The molecular weight excluding hydrogens is 1070 g/mol. The Morgan fingerprint density at radius 1 is 0.622 bits per heavy atom. The second kappa shape index (κ2) is 23.9. The van der Waals surface area contributed by atoms with Crippen LogP contribution in [0.5, 0.6) is 0 Å². The summed E-state index contributed by atoms with van der Waals surface area (Å²) in [7, 11) is 0. The number of amides is 2.